The molecule has 0 atom stereocenters. The fourth-order valence-electron chi connectivity index (χ4n) is 1.68. The zero-order chi connectivity index (χ0) is 15.6. The summed E-state index contributed by atoms with van der Waals surface area (Å²) < 4.78 is 18.1. The number of benzene rings is 2. The number of carbonyl (C=O) groups is 1. The normalized spacial score (nSPS) is 10.3. The first-order valence-electron chi connectivity index (χ1n) is 5.81. The van der Waals surface area contributed by atoms with Crippen LogP contribution < -0.4 is 15.8 Å². The van der Waals surface area contributed by atoms with Crippen molar-refractivity contribution < 1.29 is 13.9 Å². The average Bonchev–Trinajstić information content (AvgIpc) is 2.46. The minimum Gasteiger partial charge on any atom is -0.494 e. The van der Waals surface area contributed by atoms with Gasteiger partial charge in [-0.2, -0.15) is 0 Å². The van der Waals surface area contributed by atoms with Crippen molar-refractivity contribution in [3.8, 4) is 5.75 Å². The van der Waals surface area contributed by atoms with E-state index in [1.54, 1.807) is 0 Å². The van der Waals surface area contributed by atoms with Gasteiger partial charge in [-0.15, -0.1) is 0 Å². The molecule has 0 aromatic heterocycles. The first-order chi connectivity index (χ1) is 9.92. The first kappa shape index (κ1) is 15.4. The summed E-state index contributed by atoms with van der Waals surface area (Å²) in [6, 6.07) is 6.78. The van der Waals surface area contributed by atoms with Gasteiger partial charge in [-0.25, -0.2) is 4.39 Å². The SMILES string of the molecule is COc1cc(NC(=O)c2cc(N)c(Cl)c(Cl)c2)ccc1F. The van der Waals surface area contributed by atoms with Crippen LogP contribution >= 0.6 is 23.2 Å². The molecule has 2 aromatic rings. The number of hydrogen-bond donors (Lipinski definition) is 2. The lowest BCUT2D eigenvalue weighted by atomic mass is 10.2. The third-order valence-corrected chi connectivity index (χ3v) is 3.54. The Morgan fingerprint density at radius 1 is 1.29 bits per heavy atom. The zero-order valence-electron chi connectivity index (χ0n) is 10.9. The molecule has 0 spiro atoms. The Kier molecular flexibility index (Phi) is 4.55. The van der Waals surface area contributed by atoms with Gasteiger partial charge in [0.05, 0.1) is 22.8 Å². The van der Waals surface area contributed by atoms with Crippen molar-refractivity contribution in [2.24, 2.45) is 0 Å². The first-order valence-corrected chi connectivity index (χ1v) is 6.57. The summed E-state index contributed by atoms with van der Waals surface area (Å²) in [5.41, 5.74) is 6.47. The monoisotopic (exact) mass is 328 g/mol. The van der Waals surface area contributed by atoms with E-state index >= 15 is 0 Å². The fourth-order valence-corrected chi connectivity index (χ4v) is 2.02. The van der Waals surface area contributed by atoms with Crippen LogP contribution in [0, 0.1) is 5.82 Å². The number of rotatable bonds is 3. The molecule has 21 heavy (non-hydrogen) atoms. The Bertz CT molecular complexity index is 684. The molecule has 7 heteroatoms. The molecular weight excluding hydrogens is 318 g/mol. The molecule has 0 saturated carbocycles. The summed E-state index contributed by atoms with van der Waals surface area (Å²) in [7, 11) is 1.34. The number of nitrogen functional groups attached to an aromatic ring is 1. The third kappa shape index (κ3) is 3.37. The summed E-state index contributed by atoms with van der Waals surface area (Å²) in [5, 5.41) is 2.96. The van der Waals surface area contributed by atoms with Crippen molar-refractivity contribution in [2.45, 2.75) is 0 Å². The molecule has 0 aliphatic heterocycles. The van der Waals surface area contributed by atoms with Crippen LogP contribution in [0.1, 0.15) is 10.4 Å². The predicted molar refractivity (Wildman–Crippen MR) is 81.8 cm³/mol. The van der Waals surface area contributed by atoms with Gasteiger partial charge in [-0.05, 0) is 24.3 Å². The number of anilines is 2. The molecule has 4 nitrogen and oxygen atoms in total. The van der Waals surface area contributed by atoms with Crippen molar-refractivity contribution >= 4 is 40.5 Å². The Morgan fingerprint density at radius 2 is 2.00 bits per heavy atom. The van der Waals surface area contributed by atoms with Crippen LogP contribution in [0.5, 0.6) is 5.75 Å². The lowest BCUT2D eigenvalue weighted by molar-refractivity contribution is 0.102. The highest BCUT2D eigenvalue weighted by Crippen LogP contribution is 2.30. The van der Waals surface area contributed by atoms with E-state index in [-0.39, 0.29) is 27.0 Å². The molecule has 1 amide bonds. The molecule has 110 valence electrons. The molecule has 0 aliphatic rings. The van der Waals surface area contributed by atoms with E-state index in [2.05, 4.69) is 5.32 Å². The Labute approximate surface area is 130 Å². The number of ether oxygens (including phenoxy) is 1. The maximum absolute atomic E-state index is 13.3. The number of halogens is 3. The molecule has 0 radical (unpaired) electrons. The summed E-state index contributed by atoms with van der Waals surface area (Å²) in [5.74, 6) is -0.940. The second kappa shape index (κ2) is 6.20. The molecule has 2 rings (SSSR count). The Hall–Kier alpha value is -1.98. The van der Waals surface area contributed by atoms with E-state index in [0.29, 0.717) is 5.69 Å². The largest absolute Gasteiger partial charge is 0.494 e. The van der Waals surface area contributed by atoms with Gasteiger partial charge in [0.2, 0.25) is 0 Å². The number of nitrogens with two attached hydrogens (primary N) is 1. The molecule has 0 heterocycles. The standard InChI is InChI=1S/C14H11Cl2FN2O2/c1-21-12-6-8(2-3-10(12)17)19-14(20)7-4-9(15)13(16)11(18)5-7/h2-6H,18H2,1H3,(H,19,20). The van der Waals surface area contributed by atoms with Gasteiger partial charge in [-0.1, -0.05) is 23.2 Å². The van der Waals surface area contributed by atoms with Crippen LogP contribution in [0.4, 0.5) is 15.8 Å². The number of amides is 1. The van der Waals surface area contributed by atoms with Gasteiger partial charge in [0.15, 0.2) is 11.6 Å². The van der Waals surface area contributed by atoms with Gasteiger partial charge >= 0.3 is 0 Å². The second-order valence-corrected chi connectivity index (χ2v) is 4.95. The summed E-state index contributed by atoms with van der Waals surface area (Å²) in [6.45, 7) is 0. The molecule has 0 unspecified atom stereocenters. The van der Waals surface area contributed by atoms with Crippen molar-refractivity contribution in [2.75, 3.05) is 18.2 Å². The number of nitrogens with one attached hydrogen (secondary N) is 1. The Balaban J connectivity index is 2.26. The molecule has 0 fully saturated rings. The van der Waals surface area contributed by atoms with E-state index in [1.807, 2.05) is 0 Å². The van der Waals surface area contributed by atoms with Crippen LogP contribution in [0.2, 0.25) is 10.0 Å². The van der Waals surface area contributed by atoms with Crippen molar-refractivity contribution in [3.63, 3.8) is 0 Å². The van der Waals surface area contributed by atoms with E-state index in [9.17, 15) is 9.18 Å². The van der Waals surface area contributed by atoms with Crippen LogP contribution in [0.3, 0.4) is 0 Å². The summed E-state index contributed by atoms with van der Waals surface area (Å²) in [4.78, 5) is 12.1. The maximum atomic E-state index is 13.3. The van der Waals surface area contributed by atoms with Crippen molar-refractivity contribution in [1.82, 2.24) is 0 Å². The zero-order valence-corrected chi connectivity index (χ0v) is 12.4. The van der Waals surface area contributed by atoms with Crippen LogP contribution in [-0.2, 0) is 0 Å². The second-order valence-electron chi connectivity index (χ2n) is 4.16. The third-order valence-electron chi connectivity index (χ3n) is 2.73. The quantitative estimate of drug-likeness (QED) is 0.837. The van der Waals surface area contributed by atoms with Gasteiger partial charge in [-0.3, -0.25) is 4.79 Å². The number of carbonyl (C=O) groups excluding carboxylic acids is 1. The smallest absolute Gasteiger partial charge is 0.255 e. The molecule has 3 N–H and O–H groups in total. The van der Waals surface area contributed by atoms with E-state index in [0.717, 1.165) is 0 Å². The maximum Gasteiger partial charge on any atom is 0.255 e. The minimum absolute atomic E-state index is 0.0291. The highest BCUT2D eigenvalue weighted by Gasteiger charge is 2.12. The Morgan fingerprint density at radius 3 is 2.62 bits per heavy atom. The molecular formula is C14H11Cl2FN2O2. The van der Waals surface area contributed by atoms with Crippen LogP contribution in [-0.4, -0.2) is 13.0 Å². The van der Waals surface area contributed by atoms with Gasteiger partial charge < -0.3 is 15.8 Å². The highest BCUT2D eigenvalue weighted by atomic mass is 35.5. The van der Waals surface area contributed by atoms with Crippen molar-refractivity contribution in [1.29, 1.82) is 0 Å². The summed E-state index contributed by atoms with van der Waals surface area (Å²) in [6.07, 6.45) is 0. The molecule has 2 aromatic carbocycles. The van der Waals surface area contributed by atoms with Gasteiger partial charge in [0.25, 0.3) is 5.91 Å². The van der Waals surface area contributed by atoms with Crippen LogP contribution in [0.25, 0.3) is 0 Å². The number of methoxy groups -OCH3 is 1. The fraction of sp³-hybridized carbons (Fsp3) is 0.0714. The van der Waals surface area contributed by atoms with Crippen molar-refractivity contribution in [3.05, 3.63) is 51.8 Å². The minimum atomic E-state index is -0.519. The lowest BCUT2D eigenvalue weighted by Gasteiger charge is -2.09. The molecule has 0 bridgehead atoms. The predicted octanol–water partition coefficient (Wildman–Crippen LogP) is 3.98. The average molecular weight is 329 g/mol. The molecule has 0 aliphatic carbocycles. The lowest BCUT2D eigenvalue weighted by Crippen LogP contribution is -2.12. The topological polar surface area (TPSA) is 64.3 Å². The molecule has 0 saturated heterocycles. The van der Waals surface area contributed by atoms with Gasteiger partial charge in [0, 0.05) is 17.3 Å². The number of hydrogen-bond acceptors (Lipinski definition) is 3. The van der Waals surface area contributed by atoms with Crippen LogP contribution in [0.15, 0.2) is 30.3 Å². The van der Waals surface area contributed by atoms with E-state index < -0.39 is 11.7 Å². The van der Waals surface area contributed by atoms with Gasteiger partial charge in [0.1, 0.15) is 0 Å². The highest BCUT2D eigenvalue weighted by molar-refractivity contribution is 6.44. The van der Waals surface area contributed by atoms with E-state index in [4.69, 9.17) is 33.7 Å². The summed E-state index contributed by atoms with van der Waals surface area (Å²) >= 11 is 11.7. The van der Waals surface area contributed by atoms with E-state index in [1.165, 1.54) is 37.4 Å².